The molecule has 0 fully saturated rings. The van der Waals surface area contributed by atoms with E-state index in [2.05, 4.69) is 5.32 Å². The predicted octanol–water partition coefficient (Wildman–Crippen LogP) is 7.59. The quantitative estimate of drug-likeness (QED) is 0.201. The van der Waals surface area contributed by atoms with Crippen LogP contribution in [0.3, 0.4) is 0 Å². The Hall–Kier alpha value is -4.34. The van der Waals surface area contributed by atoms with Crippen LogP contribution in [-0.2, 0) is 6.18 Å². The summed E-state index contributed by atoms with van der Waals surface area (Å²) < 4.78 is 47.9. The minimum atomic E-state index is -4.64. The van der Waals surface area contributed by atoms with Crippen molar-refractivity contribution in [2.45, 2.75) is 51.7 Å². The number of anilines is 1. The van der Waals surface area contributed by atoms with Gasteiger partial charge in [0.05, 0.1) is 41.0 Å². The monoisotopic (exact) mass is 566 g/mol. The first-order chi connectivity index (χ1) is 19.7. The lowest BCUT2D eigenvalue weighted by molar-refractivity contribution is -0.136. The number of carbonyl (C=O) groups excluding carboxylic acids is 1. The Labute approximate surface area is 236 Å². The van der Waals surface area contributed by atoms with E-state index in [1.54, 1.807) is 55.6 Å². The van der Waals surface area contributed by atoms with Gasteiger partial charge in [0.25, 0.3) is 5.56 Å². The largest absolute Gasteiger partial charge is 0.497 e. The fourth-order valence-corrected chi connectivity index (χ4v) is 4.85. The van der Waals surface area contributed by atoms with E-state index in [4.69, 9.17) is 9.72 Å². The molecule has 41 heavy (non-hydrogen) atoms. The van der Waals surface area contributed by atoms with Crippen molar-refractivity contribution in [1.29, 1.82) is 0 Å². The molecule has 0 aliphatic rings. The number of alkyl halides is 3. The van der Waals surface area contributed by atoms with E-state index >= 15 is 0 Å². The van der Waals surface area contributed by atoms with Crippen LogP contribution in [-0.4, -0.2) is 34.1 Å². The molecule has 0 saturated carbocycles. The van der Waals surface area contributed by atoms with Gasteiger partial charge in [-0.15, -0.1) is 0 Å². The van der Waals surface area contributed by atoms with Gasteiger partial charge in [-0.05, 0) is 61.4 Å². The van der Waals surface area contributed by atoms with Crippen molar-refractivity contribution in [3.05, 3.63) is 94.5 Å². The van der Waals surface area contributed by atoms with Crippen molar-refractivity contribution in [2.24, 2.45) is 0 Å². The Balaban J connectivity index is 1.86. The summed E-state index contributed by atoms with van der Waals surface area (Å²) in [7, 11) is 1.54. The molecular formula is C31H33F3N4O3. The summed E-state index contributed by atoms with van der Waals surface area (Å²) in [5.41, 5.74) is -0.593. The van der Waals surface area contributed by atoms with Crippen LogP contribution in [0.1, 0.15) is 57.0 Å². The van der Waals surface area contributed by atoms with Crippen LogP contribution in [0.2, 0.25) is 0 Å². The van der Waals surface area contributed by atoms with Gasteiger partial charge in [0.15, 0.2) is 0 Å². The zero-order chi connectivity index (χ0) is 29.6. The molecule has 1 N–H and O–H groups in total. The third-order valence-corrected chi connectivity index (χ3v) is 6.93. The average Bonchev–Trinajstić information content (AvgIpc) is 2.97. The highest BCUT2D eigenvalue weighted by Crippen LogP contribution is 2.35. The molecule has 0 spiro atoms. The van der Waals surface area contributed by atoms with Crippen LogP contribution >= 0.6 is 0 Å². The molecule has 1 aromatic heterocycles. The van der Waals surface area contributed by atoms with Gasteiger partial charge in [0.1, 0.15) is 11.6 Å². The summed E-state index contributed by atoms with van der Waals surface area (Å²) >= 11 is 0. The molecule has 7 nitrogen and oxygen atoms in total. The van der Waals surface area contributed by atoms with E-state index in [0.29, 0.717) is 41.0 Å². The summed E-state index contributed by atoms with van der Waals surface area (Å²) in [4.78, 5) is 34.0. The number of rotatable bonds is 10. The minimum absolute atomic E-state index is 0.262. The third-order valence-electron chi connectivity index (χ3n) is 6.93. The topological polar surface area (TPSA) is 76.5 Å². The smallest absolute Gasteiger partial charge is 0.418 e. The molecular weight excluding hydrogens is 533 g/mol. The van der Waals surface area contributed by atoms with Crippen LogP contribution in [0.5, 0.6) is 5.75 Å². The normalized spacial score (nSPS) is 12.2. The Morgan fingerprint density at radius 3 is 2.34 bits per heavy atom. The summed E-state index contributed by atoms with van der Waals surface area (Å²) in [5, 5.41) is 2.90. The van der Waals surface area contributed by atoms with Crippen LogP contribution < -0.4 is 15.6 Å². The number of fused-ring (bicyclic) bond motifs is 1. The second-order valence-electron chi connectivity index (χ2n) is 9.62. The molecule has 1 atom stereocenters. The number of halogens is 3. The highest BCUT2D eigenvalue weighted by atomic mass is 19.4. The van der Waals surface area contributed by atoms with E-state index in [1.165, 1.54) is 27.7 Å². The SMILES string of the molecule is CCCCCN(C(=O)Nc1ccccc1C(F)(F)F)C(CC)c1nc2ccccc2c(=O)n1-c1ccc(OC)cc1. The second kappa shape index (κ2) is 12.9. The molecule has 1 unspecified atom stereocenters. The zero-order valence-electron chi connectivity index (χ0n) is 23.2. The van der Waals surface area contributed by atoms with E-state index in [0.717, 1.165) is 18.9 Å². The van der Waals surface area contributed by atoms with E-state index in [-0.39, 0.29) is 17.8 Å². The van der Waals surface area contributed by atoms with Crippen molar-refractivity contribution in [2.75, 3.05) is 19.0 Å². The molecule has 4 rings (SSSR count). The number of amides is 2. The van der Waals surface area contributed by atoms with Crippen LogP contribution in [0.15, 0.2) is 77.6 Å². The van der Waals surface area contributed by atoms with E-state index < -0.39 is 23.8 Å². The maximum absolute atomic E-state index is 13.9. The number of nitrogens with zero attached hydrogens (tertiary/aromatic N) is 3. The number of nitrogens with one attached hydrogen (secondary N) is 1. The molecule has 1 heterocycles. The lowest BCUT2D eigenvalue weighted by Crippen LogP contribution is -2.41. The van der Waals surface area contributed by atoms with Gasteiger partial charge in [-0.3, -0.25) is 9.36 Å². The molecule has 0 bridgehead atoms. The van der Waals surface area contributed by atoms with Gasteiger partial charge in [0.2, 0.25) is 0 Å². The number of unbranched alkanes of at least 4 members (excludes halogenated alkanes) is 2. The van der Waals surface area contributed by atoms with Gasteiger partial charge in [-0.25, -0.2) is 9.78 Å². The van der Waals surface area contributed by atoms with E-state index in [1.807, 2.05) is 13.8 Å². The maximum atomic E-state index is 13.9. The standard InChI is InChI=1S/C31H33F3N4O3/c1-4-6-11-20-37(30(40)36-26-15-10-8-13-24(26)31(32,33)34)27(5-2)28-35-25-14-9-7-12-23(25)29(39)38(28)21-16-18-22(41-3)19-17-21/h7-10,12-19,27H,4-6,11,20H2,1-3H3,(H,36,40). The highest BCUT2D eigenvalue weighted by Gasteiger charge is 2.35. The number of methoxy groups -OCH3 is 1. The summed E-state index contributed by atoms with van der Waals surface area (Å²) in [5.74, 6) is 0.921. The first kappa shape index (κ1) is 29.6. The molecule has 216 valence electrons. The number of aromatic nitrogens is 2. The lowest BCUT2D eigenvalue weighted by atomic mass is 10.1. The van der Waals surface area contributed by atoms with Gasteiger partial charge < -0.3 is 15.0 Å². The minimum Gasteiger partial charge on any atom is -0.497 e. The molecule has 3 aromatic carbocycles. The first-order valence-electron chi connectivity index (χ1n) is 13.6. The average molecular weight is 567 g/mol. The molecule has 0 saturated heterocycles. The van der Waals surface area contributed by atoms with Crippen molar-refractivity contribution < 1.29 is 22.7 Å². The predicted molar refractivity (Wildman–Crippen MR) is 154 cm³/mol. The lowest BCUT2D eigenvalue weighted by Gasteiger charge is -2.33. The number of ether oxygens (including phenoxy) is 1. The maximum Gasteiger partial charge on any atom is 0.418 e. The van der Waals surface area contributed by atoms with Crippen molar-refractivity contribution in [3.63, 3.8) is 0 Å². The Morgan fingerprint density at radius 1 is 1.00 bits per heavy atom. The van der Waals surface area contributed by atoms with Gasteiger partial charge in [0, 0.05) is 6.54 Å². The molecule has 0 aliphatic carbocycles. The van der Waals surface area contributed by atoms with Crippen molar-refractivity contribution in [3.8, 4) is 11.4 Å². The van der Waals surface area contributed by atoms with Gasteiger partial charge in [-0.2, -0.15) is 13.2 Å². The Kier molecular flexibility index (Phi) is 9.31. The second-order valence-corrected chi connectivity index (χ2v) is 9.62. The number of carbonyl (C=O) groups is 1. The highest BCUT2D eigenvalue weighted by molar-refractivity contribution is 5.90. The van der Waals surface area contributed by atoms with Crippen molar-refractivity contribution >= 4 is 22.6 Å². The number of hydrogen-bond donors (Lipinski definition) is 1. The van der Waals surface area contributed by atoms with E-state index in [9.17, 15) is 22.8 Å². The third kappa shape index (κ3) is 6.53. The zero-order valence-corrected chi connectivity index (χ0v) is 23.2. The first-order valence-corrected chi connectivity index (χ1v) is 13.6. The summed E-state index contributed by atoms with van der Waals surface area (Å²) in [6.07, 6.45) is -1.96. The van der Waals surface area contributed by atoms with Gasteiger partial charge >= 0.3 is 12.2 Å². The Bertz CT molecular complexity index is 1550. The number of para-hydroxylation sites is 2. The number of urea groups is 1. The fraction of sp³-hybridized carbons (Fsp3) is 0.323. The fourth-order valence-electron chi connectivity index (χ4n) is 4.85. The van der Waals surface area contributed by atoms with Crippen LogP contribution in [0.25, 0.3) is 16.6 Å². The summed E-state index contributed by atoms with van der Waals surface area (Å²) in [6, 6.07) is 17.3. The Morgan fingerprint density at radius 2 is 1.68 bits per heavy atom. The summed E-state index contributed by atoms with van der Waals surface area (Å²) in [6.45, 7) is 4.14. The molecule has 0 aliphatic heterocycles. The van der Waals surface area contributed by atoms with Crippen LogP contribution in [0.4, 0.5) is 23.7 Å². The molecule has 10 heteroatoms. The number of benzene rings is 3. The molecule has 4 aromatic rings. The van der Waals surface area contributed by atoms with Crippen molar-refractivity contribution in [1.82, 2.24) is 14.5 Å². The van der Waals surface area contributed by atoms with Crippen LogP contribution in [0, 0.1) is 0 Å². The molecule has 2 amide bonds. The molecule has 0 radical (unpaired) electrons. The number of hydrogen-bond acceptors (Lipinski definition) is 4. The van der Waals surface area contributed by atoms with Gasteiger partial charge in [-0.1, -0.05) is 51.0 Å².